The maximum atomic E-state index is 12.5. The molecule has 0 saturated carbocycles. The Morgan fingerprint density at radius 1 is 1.03 bits per heavy atom. The predicted molar refractivity (Wildman–Crippen MR) is 127 cm³/mol. The van der Waals surface area contributed by atoms with Crippen LogP contribution in [-0.2, 0) is 0 Å². The molecular formula is C23H26N6O3. The third kappa shape index (κ3) is 4.62. The summed E-state index contributed by atoms with van der Waals surface area (Å²) in [6.07, 6.45) is 0. The van der Waals surface area contributed by atoms with Crippen molar-refractivity contribution >= 4 is 39.8 Å². The number of carbonyl (C=O) groups excluding carboxylic acids is 1. The number of nitrogens with one attached hydrogen (secondary N) is 2. The third-order valence-corrected chi connectivity index (χ3v) is 5.69. The molecule has 9 heteroatoms. The highest BCUT2D eigenvalue weighted by atomic mass is 16.6. The lowest BCUT2D eigenvalue weighted by atomic mass is 10.1. The van der Waals surface area contributed by atoms with E-state index in [0.717, 1.165) is 54.0 Å². The third-order valence-electron chi connectivity index (χ3n) is 5.69. The van der Waals surface area contributed by atoms with Gasteiger partial charge in [0.2, 0.25) is 0 Å². The zero-order valence-electron chi connectivity index (χ0n) is 18.4. The van der Waals surface area contributed by atoms with Crippen molar-refractivity contribution in [2.45, 2.75) is 13.8 Å². The van der Waals surface area contributed by atoms with Crippen LogP contribution in [0.1, 0.15) is 11.1 Å². The minimum Gasteiger partial charge on any atom is -0.354 e. The number of nitro benzene ring substituents is 1. The van der Waals surface area contributed by atoms with Gasteiger partial charge in [-0.05, 0) is 62.4 Å². The molecule has 4 rings (SSSR count). The van der Waals surface area contributed by atoms with E-state index in [1.807, 2.05) is 19.1 Å². The Balaban J connectivity index is 1.52. The number of carbonyl (C=O) groups is 1. The first-order valence-electron chi connectivity index (χ1n) is 10.5. The minimum atomic E-state index is -0.545. The fourth-order valence-corrected chi connectivity index (χ4v) is 3.83. The summed E-state index contributed by atoms with van der Waals surface area (Å²) in [5.41, 5.74) is 3.27. The molecule has 166 valence electrons. The minimum absolute atomic E-state index is 0.143. The second-order valence-electron chi connectivity index (χ2n) is 8.18. The number of anilines is 3. The molecule has 1 aliphatic heterocycles. The Kier molecular flexibility index (Phi) is 5.91. The van der Waals surface area contributed by atoms with Crippen LogP contribution in [0.5, 0.6) is 0 Å². The van der Waals surface area contributed by atoms with Crippen molar-refractivity contribution in [1.29, 1.82) is 0 Å². The van der Waals surface area contributed by atoms with E-state index in [0.29, 0.717) is 5.69 Å². The van der Waals surface area contributed by atoms with Crippen LogP contribution in [0.2, 0.25) is 0 Å². The average molecular weight is 435 g/mol. The van der Waals surface area contributed by atoms with E-state index < -0.39 is 11.0 Å². The molecule has 0 atom stereocenters. The van der Waals surface area contributed by atoms with Crippen molar-refractivity contribution in [3.8, 4) is 0 Å². The van der Waals surface area contributed by atoms with Gasteiger partial charge in [0.25, 0.3) is 5.69 Å². The highest BCUT2D eigenvalue weighted by Gasteiger charge is 2.18. The van der Waals surface area contributed by atoms with Gasteiger partial charge in [-0.2, -0.15) is 0 Å². The van der Waals surface area contributed by atoms with Crippen LogP contribution in [0, 0.1) is 24.0 Å². The smallest absolute Gasteiger partial charge is 0.323 e. The van der Waals surface area contributed by atoms with Crippen LogP contribution in [0.15, 0.2) is 42.5 Å². The molecule has 1 saturated heterocycles. The van der Waals surface area contributed by atoms with Gasteiger partial charge in [-0.3, -0.25) is 10.1 Å². The standard InChI is InChI=1S/C23H26N6O3/c1-15-4-6-20(21(12-15)29(31)32)26-23(30)24-17-5-7-19-18(14-17)16(2)13-22(25-19)28-10-8-27(3)9-11-28/h4-7,12-14H,8-11H2,1-3H3,(H2,24,26,30). The second-order valence-corrected chi connectivity index (χ2v) is 8.18. The molecule has 3 aromatic rings. The molecule has 2 N–H and O–H groups in total. The van der Waals surface area contributed by atoms with Gasteiger partial charge in [-0.1, -0.05) is 6.07 Å². The average Bonchev–Trinajstić information content (AvgIpc) is 2.75. The Hall–Kier alpha value is -3.72. The van der Waals surface area contributed by atoms with Crippen molar-refractivity contribution in [2.24, 2.45) is 0 Å². The lowest BCUT2D eigenvalue weighted by molar-refractivity contribution is -0.384. The molecule has 0 spiro atoms. The molecule has 2 heterocycles. The van der Waals surface area contributed by atoms with Gasteiger partial charge in [-0.25, -0.2) is 9.78 Å². The molecule has 0 radical (unpaired) electrons. The number of nitro groups is 1. The quantitative estimate of drug-likeness (QED) is 0.472. The van der Waals surface area contributed by atoms with Gasteiger partial charge < -0.3 is 20.4 Å². The Labute approximate surface area is 186 Å². The molecule has 1 aliphatic rings. The second kappa shape index (κ2) is 8.80. The summed E-state index contributed by atoms with van der Waals surface area (Å²) in [6.45, 7) is 7.70. The van der Waals surface area contributed by atoms with Crippen LogP contribution >= 0.6 is 0 Å². The van der Waals surface area contributed by atoms with Gasteiger partial charge in [0.1, 0.15) is 11.5 Å². The van der Waals surface area contributed by atoms with Crippen LogP contribution in [-0.4, -0.2) is 54.1 Å². The van der Waals surface area contributed by atoms with Crippen molar-refractivity contribution < 1.29 is 9.72 Å². The molecule has 0 aliphatic carbocycles. The number of nitrogens with zero attached hydrogens (tertiary/aromatic N) is 4. The highest BCUT2D eigenvalue weighted by Crippen LogP contribution is 2.27. The molecule has 2 aromatic carbocycles. The zero-order valence-corrected chi connectivity index (χ0v) is 18.4. The number of aryl methyl sites for hydroxylation is 2. The number of pyridine rings is 1. The van der Waals surface area contributed by atoms with Crippen LogP contribution in [0.3, 0.4) is 0 Å². The largest absolute Gasteiger partial charge is 0.354 e. The van der Waals surface area contributed by atoms with Gasteiger partial charge in [0, 0.05) is 43.3 Å². The summed E-state index contributed by atoms with van der Waals surface area (Å²) in [7, 11) is 2.12. The number of piperazine rings is 1. The Morgan fingerprint density at radius 3 is 2.50 bits per heavy atom. The van der Waals surface area contributed by atoms with Gasteiger partial charge in [0.05, 0.1) is 10.4 Å². The predicted octanol–water partition coefficient (Wildman–Crippen LogP) is 4.16. The normalized spacial score (nSPS) is 14.4. The fourth-order valence-electron chi connectivity index (χ4n) is 3.83. The Morgan fingerprint density at radius 2 is 1.78 bits per heavy atom. The summed E-state index contributed by atoms with van der Waals surface area (Å²) in [6, 6.07) is 11.7. The summed E-state index contributed by atoms with van der Waals surface area (Å²) < 4.78 is 0. The summed E-state index contributed by atoms with van der Waals surface area (Å²) >= 11 is 0. The number of rotatable bonds is 4. The van der Waals surface area contributed by atoms with E-state index in [-0.39, 0.29) is 11.4 Å². The van der Waals surface area contributed by atoms with Gasteiger partial charge in [0.15, 0.2) is 0 Å². The van der Waals surface area contributed by atoms with E-state index in [2.05, 4.69) is 33.5 Å². The van der Waals surface area contributed by atoms with Crippen LogP contribution in [0.4, 0.5) is 27.7 Å². The van der Waals surface area contributed by atoms with E-state index >= 15 is 0 Å². The Bertz CT molecular complexity index is 1190. The highest BCUT2D eigenvalue weighted by molar-refractivity contribution is 6.02. The molecular weight excluding hydrogens is 408 g/mol. The van der Waals surface area contributed by atoms with Crippen molar-refractivity contribution in [2.75, 3.05) is 48.8 Å². The first-order valence-corrected chi connectivity index (χ1v) is 10.5. The summed E-state index contributed by atoms with van der Waals surface area (Å²) in [5.74, 6) is 0.966. The molecule has 2 amide bonds. The first-order chi connectivity index (χ1) is 15.3. The number of hydrogen-bond donors (Lipinski definition) is 2. The van der Waals surface area contributed by atoms with E-state index in [9.17, 15) is 14.9 Å². The molecule has 32 heavy (non-hydrogen) atoms. The van der Waals surface area contributed by atoms with E-state index in [1.165, 1.54) is 12.1 Å². The monoisotopic (exact) mass is 434 g/mol. The maximum Gasteiger partial charge on any atom is 0.323 e. The van der Waals surface area contributed by atoms with Crippen molar-refractivity contribution in [3.63, 3.8) is 0 Å². The number of likely N-dealkylation sites (N-methyl/N-ethyl adjacent to an activating group) is 1. The molecule has 0 unspecified atom stereocenters. The molecule has 9 nitrogen and oxygen atoms in total. The number of fused-ring (bicyclic) bond motifs is 1. The van der Waals surface area contributed by atoms with Gasteiger partial charge in [-0.15, -0.1) is 0 Å². The maximum absolute atomic E-state index is 12.5. The number of hydrogen-bond acceptors (Lipinski definition) is 6. The number of urea groups is 1. The fraction of sp³-hybridized carbons (Fsp3) is 0.304. The SMILES string of the molecule is Cc1ccc(NC(=O)Nc2ccc3nc(N4CCN(C)CC4)cc(C)c3c2)c([N+](=O)[O-])c1. The van der Waals surface area contributed by atoms with Crippen LogP contribution < -0.4 is 15.5 Å². The molecule has 1 aromatic heterocycles. The lowest BCUT2D eigenvalue weighted by Crippen LogP contribution is -2.44. The molecule has 1 fully saturated rings. The number of benzene rings is 2. The zero-order chi connectivity index (χ0) is 22.8. The van der Waals surface area contributed by atoms with Crippen LogP contribution in [0.25, 0.3) is 10.9 Å². The summed E-state index contributed by atoms with van der Waals surface area (Å²) in [4.78, 5) is 32.7. The number of aromatic nitrogens is 1. The van der Waals surface area contributed by atoms with E-state index in [1.54, 1.807) is 19.1 Å². The van der Waals surface area contributed by atoms with E-state index in [4.69, 9.17) is 4.98 Å². The topological polar surface area (TPSA) is 104 Å². The first kappa shape index (κ1) is 21.5. The number of amides is 2. The molecule has 0 bridgehead atoms. The lowest BCUT2D eigenvalue weighted by Gasteiger charge is -2.33. The van der Waals surface area contributed by atoms with Crippen molar-refractivity contribution in [1.82, 2.24) is 9.88 Å². The van der Waals surface area contributed by atoms with Gasteiger partial charge >= 0.3 is 6.03 Å². The van der Waals surface area contributed by atoms with Crippen molar-refractivity contribution in [3.05, 3.63) is 63.7 Å². The summed E-state index contributed by atoms with van der Waals surface area (Å²) in [5, 5.41) is 17.5.